The second-order valence-corrected chi connectivity index (χ2v) is 17.6. The standard InChI is InChI=1S/C22H20N4O8S2.C15H14ClN3O4S/c23-18(27)13-6-8-25(9-7-13)10-14-11-35-21-15(20(29)26(21)16(14)22(30)31)24-19(28)17(36(32,33)34)12-4-2-1-3-5-12;16-8-6-24-14-10(13(21)19(14)11(8)15(22)23)18-12(20)9(17)7-4-2-1-3-5-7/h1-9,15,17,21H,10-11H2,(H4-,23,24,27,28,30,31,32,33,34);1-5,9-10,14H,6,17H2,(H,18,20)(H,22,23)/t15-,17-,21-;9-,10-,14-/m11/s1. The lowest BCUT2D eigenvalue weighted by Gasteiger charge is -2.50. The average Bonchev–Trinajstić information content (AvgIpc) is 3.21. The van der Waals surface area contributed by atoms with E-state index >= 15 is 0 Å². The molecule has 1 aromatic heterocycles. The molecule has 5 amide bonds. The number of nitrogens with one attached hydrogen (secondary N) is 2. The molecule has 23 heteroatoms. The fraction of sp³-hybridized carbons (Fsp3) is 0.243. The number of pyridine rings is 1. The average molecular weight is 900 g/mol. The van der Waals surface area contributed by atoms with E-state index in [2.05, 4.69) is 10.6 Å². The Hall–Kier alpha value is -5.78. The summed E-state index contributed by atoms with van der Waals surface area (Å²) in [5, 5.41) is 22.9. The van der Waals surface area contributed by atoms with Gasteiger partial charge in [-0.05, 0) is 11.1 Å². The van der Waals surface area contributed by atoms with E-state index in [1.165, 1.54) is 72.3 Å². The number of benzene rings is 2. The Kier molecular flexibility index (Phi) is 13.0. The van der Waals surface area contributed by atoms with Crippen LogP contribution >= 0.6 is 35.1 Å². The SMILES string of the molecule is NC(=O)c1cc[n+](CC2=C(C(=O)[O-])N3C(=O)[C@@H](NC(=O)[C@@H](c4ccccc4)S(=O)(=O)O)[C@H]3SC2)cc1.N[C@@H](C(=O)N[C@@H]1C(=O)N2C(C(=O)O)=C(Cl)CS[C@H]12)c1ccccc1. The van der Waals surface area contributed by atoms with E-state index in [0.29, 0.717) is 11.1 Å². The van der Waals surface area contributed by atoms with Crippen molar-refractivity contribution in [3.8, 4) is 0 Å². The third kappa shape index (κ3) is 8.88. The molecular weight excluding hydrogens is 866 g/mol. The molecule has 2 saturated heterocycles. The van der Waals surface area contributed by atoms with Crippen molar-refractivity contribution in [3.05, 3.63) is 124 Å². The van der Waals surface area contributed by atoms with E-state index in [-0.39, 0.29) is 45.6 Å². The molecule has 7 rings (SSSR count). The molecule has 0 aliphatic carbocycles. The summed E-state index contributed by atoms with van der Waals surface area (Å²) in [6.45, 7) is 0.0850. The monoisotopic (exact) mass is 899 g/mol. The number of nitrogens with two attached hydrogens (primary N) is 2. The summed E-state index contributed by atoms with van der Waals surface area (Å²) in [7, 11) is -4.86. The summed E-state index contributed by atoms with van der Waals surface area (Å²) >= 11 is 8.38. The number of carbonyl (C=O) groups is 7. The number of nitrogens with zero attached hydrogens (tertiary/aromatic N) is 3. The summed E-state index contributed by atoms with van der Waals surface area (Å²) in [4.78, 5) is 86.8. The van der Waals surface area contributed by atoms with E-state index in [4.69, 9.17) is 23.1 Å². The number of carboxylic acids is 2. The molecule has 4 aliphatic heterocycles. The largest absolute Gasteiger partial charge is 0.543 e. The van der Waals surface area contributed by atoms with Crippen molar-refractivity contribution in [3.63, 3.8) is 0 Å². The molecule has 314 valence electrons. The van der Waals surface area contributed by atoms with Crippen LogP contribution < -0.4 is 31.8 Å². The lowest BCUT2D eigenvalue weighted by molar-refractivity contribution is -0.689. The van der Waals surface area contributed by atoms with Crippen LogP contribution in [0, 0.1) is 0 Å². The van der Waals surface area contributed by atoms with Gasteiger partial charge in [0.15, 0.2) is 24.2 Å². The molecule has 3 aromatic rings. The number of aliphatic carboxylic acids is 2. The minimum absolute atomic E-state index is 0.00871. The molecule has 0 radical (unpaired) electrons. The first kappa shape index (κ1) is 43.8. The molecule has 19 nitrogen and oxygen atoms in total. The second kappa shape index (κ2) is 17.8. The Labute approximate surface area is 354 Å². The summed E-state index contributed by atoms with van der Waals surface area (Å²) in [6, 6.07) is 16.1. The number of aromatic nitrogens is 1. The molecule has 0 bridgehead atoms. The first-order valence-electron chi connectivity index (χ1n) is 17.6. The predicted octanol–water partition coefficient (Wildman–Crippen LogP) is -1.27. The number of carbonyl (C=O) groups excluding carboxylic acids is 6. The van der Waals surface area contributed by atoms with Crippen LogP contribution in [0.15, 0.2) is 107 Å². The number of primary amides is 1. The summed E-state index contributed by atoms with van der Waals surface area (Å²) < 4.78 is 35.1. The summed E-state index contributed by atoms with van der Waals surface area (Å²) in [5.74, 6) is -5.87. The lowest BCUT2D eigenvalue weighted by atomic mass is 10.0. The molecule has 4 aliphatic rings. The molecule has 6 atom stereocenters. The molecule has 60 heavy (non-hydrogen) atoms. The van der Waals surface area contributed by atoms with Crippen LogP contribution in [0.3, 0.4) is 0 Å². The highest BCUT2D eigenvalue weighted by atomic mass is 35.5. The van der Waals surface area contributed by atoms with Gasteiger partial charge in [0.1, 0.15) is 34.6 Å². The third-order valence-electron chi connectivity index (χ3n) is 9.59. The first-order valence-corrected chi connectivity index (χ1v) is 21.5. The fourth-order valence-electron chi connectivity index (χ4n) is 6.69. The maximum atomic E-state index is 12.9. The van der Waals surface area contributed by atoms with Crippen molar-refractivity contribution in [1.29, 1.82) is 0 Å². The number of hydrogen-bond acceptors (Lipinski definition) is 13. The fourth-order valence-corrected chi connectivity index (χ4v) is 10.4. The quantitative estimate of drug-likeness (QED) is 0.0702. The maximum Gasteiger partial charge on any atom is 0.353 e. The van der Waals surface area contributed by atoms with Gasteiger partial charge in [0, 0.05) is 29.2 Å². The maximum absolute atomic E-state index is 12.9. The Morgan fingerprint density at radius 1 is 0.833 bits per heavy atom. The Morgan fingerprint density at radius 3 is 1.83 bits per heavy atom. The van der Waals surface area contributed by atoms with E-state index < -0.39 is 85.7 Å². The van der Waals surface area contributed by atoms with Gasteiger partial charge in [-0.3, -0.25) is 38.3 Å². The van der Waals surface area contributed by atoms with Crippen molar-refractivity contribution in [2.75, 3.05) is 11.5 Å². The lowest BCUT2D eigenvalue weighted by Crippen LogP contribution is -2.71. The second-order valence-electron chi connectivity index (χ2n) is 13.4. The number of carboxylic acid groups (broad SMARTS) is 2. The number of amides is 5. The molecule has 2 aromatic carbocycles. The van der Waals surface area contributed by atoms with Crippen molar-refractivity contribution in [1.82, 2.24) is 20.4 Å². The van der Waals surface area contributed by atoms with Gasteiger partial charge in [0.05, 0.1) is 22.3 Å². The molecule has 8 N–H and O–H groups in total. The van der Waals surface area contributed by atoms with E-state index in [1.54, 1.807) is 34.9 Å². The van der Waals surface area contributed by atoms with Crippen LogP contribution in [0.1, 0.15) is 32.8 Å². The van der Waals surface area contributed by atoms with E-state index in [9.17, 15) is 56.7 Å². The zero-order valence-corrected chi connectivity index (χ0v) is 33.9. The number of rotatable bonds is 12. The van der Waals surface area contributed by atoms with Gasteiger partial charge < -0.3 is 37.1 Å². The smallest absolute Gasteiger partial charge is 0.353 e. The summed E-state index contributed by atoms with van der Waals surface area (Å²) in [5.41, 5.74) is 11.8. The van der Waals surface area contributed by atoms with Crippen molar-refractivity contribution in [2.45, 2.75) is 40.7 Å². The number of β-lactam (4-membered cyclic amide) rings is 2. The molecule has 0 unspecified atom stereocenters. The minimum Gasteiger partial charge on any atom is -0.543 e. The van der Waals surface area contributed by atoms with Gasteiger partial charge in [0.2, 0.25) is 17.7 Å². The van der Waals surface area contributed by atoms with E-state index in [0.717, 1.165) is 9.80 Å². The number of fused-ring (bicyclic) bond motifs is 2. The van der Waals surface area contributed by atoms with E-state index in [1.807, 2.05) is 6.07 Å². The molecule has 0 spiro atoms. The minimum atomic E-state index is -4.86. The van der Waals surface area contributed by atoms with Crippen LogP contribution in [-0.2, 0) is 45.4 Å². The molecular formula is C37H34ClN7O12S3. The summed E-state index contributed by atoms with van der Waals surface area (Å²) in [6.07, 6.45) is 3.08. The first-order chi connectivity index (χ1) is 28.4. The predicted molar refractivity (Wildman–Crippen MR) is 212 cm³/mol. The zero-order chi connectivity index (χ0) is 43.6. The highest BCUT2D eigenvalue weighted by Crippen LogP contribution is 2.42. The normalized spacial score (nSPS) is 21.8. The van der Waals surface area contributed by atoms with Crippen molar-refractivity contribution in [2.24, 2.45) is 11.5 Å². The van der Waals surface area contributed by atoms with Crippen LogP contribution in [0.5, 0.6) is 0 Å². The Balaban J connectivity index is 0.000000218. The van der Waals surface area contributed by atoms with Crippen LogP contribution in [0.4, 0.5) is 0 Å². The van der Waals surface area contributed by atoms with Crippen LogP contribution in [-0.4, -0.2) is 104 Å². The van der Waals surface area contributed by atoms with Gasteiger partial charge in [-0.15, -0.1) is 23.5 Å². The van der Waals surface area contributed by atoms with Crippen LogP contribution in [0.25, 0.3) is 0 Å². The Bertz CT molecular complexity index is 2440. The number of thioether (sulfide) groups is 2. The van der Waals surface area contributed by atoms with Gasteiger partial charge in [0.25, 0.3) is 21.9 Å². The molecule has 5 heterocycles. The molecule has 2 fully saturated rings. The topological polar surface area (TPSA) is 304 Å². The van der Waals surface area contributed by atoms with Gasteiger partial charge in [-0.1, -0.05) is 72.3 Å². The number of hydrogen-bond donors (Lipinski definition) is 6. The van der Waals surface area contributed by atoms with Crippen LogP contribution in [0.2, 0.25) is 0 Å². The van der Waals surface area contributed by atoms with Crippen molar-refractivity contribution < 1.29 is 61.3 Å². The zero-order valence-electron chi connectivity index (χ0n) is 30.7. The van der Waals surface area contributed by atoms with Crippen molar-refractivity contribution >= 4 is 86.7 Å². The highest BCUT2D eigenvalue weighted by molar-refractivity contribution is 8.00. The van der Waals surface area contributed by atoms with Gasteiger partial charge >= 0.3 is 5.97 Å². The Morgan fingerprint density at radius 2 is 1.33 bits per heavy atom. The molecule has 0 saturated carbocycles. The van der Waals surface area contributed by atoms with Gasteiger partial charge in [-0.25, -0.2) is 9.36 Å². The third-order valence-corrected chi connectivity index (χ3v) is 13.8. The number of halogens is 1. The van der Waals surface area contributed by atoms with Gasteiger partial charge in [-0.2, -0.15) is 8.42 Å². The highest BCUT2D eigenvalue weighted by Gasteiger charge is 2.55.